The number of hydrogen-bond donors (Lipinski definition) is 1. The van der Waals surface area contributed by atoms with Gasteiger partial charge in [0, 0.05) is 6.54 Å². The van der Waals surface area contributed by atoms with Crippen LogP contribution in [0.5, 0.6) is 0 Å². The molecule has 0 aliphatic heterocycles. The third kappa shape index (κ3) is 2.44. The van der Waals surface area contributed by atoms with Crippen LogP contribution in [-0.2, 0) is 0 Å². The first-order valence-corrected chi connectivity index (χ1v) is 5.21. The smallest absolute Gasteiger partial charge is 0.214 e. The highest BCUT2D eigenvalue weighted by Gasteiger charge is 2.14. The summed E-state index contributed by atoms with van der Waals surface area (Å²) in [7, 11) is 0. The molecule has 1 saturated carbocycles. The molecule has 0 saturated heterocycles. The predicted octanol–water partition coefficient (Wildman–Crippen LogP) is 2.82. The second-order valence-corrected chi connectivity index (χ2v) is 3.88. The van der Waals surface area contributed by atoms with Crippen molar-refractivity contribution in [3.63, 3.8) is 0 Å². The summed E-state index contributed by atoms with van der Waals surface area (Å²) in [6.07, 6.45) is 5.26. The molecule has 1 aliphatic carbocycles. The van der Waals surface area contributed by atoms with Gasteiger partial charge in [-0.25, -0.2) is 4.98 Å². The molecule has 1 aliphatic rings. The van der Waals surface area contributed by atoms with Crippen molar-refractivity contribution in [3.05, 3.63) is 24.1 Å². The third-order valence-corrected chi connectivity index (χ3v) is 2.76. The summed E-state index contributed by atoms with van der Waals surface area (Å²) in [6.45, 7) is 0.927. The first-order chi connectivity index (χ1) is 6.84. The minimum Gasteiger partial charge on any atom is -0.370 e. The summed E-state index contributed by atoms with van der Waals surface area (Å²) >= 11 is 0. The lowest BCUT2D eigenvalue weighted by Crippen LogP contribution is -2.11. The Hall–Kier alpha value is -1.12. The minimum absolute atomic E-state index is 0.415. The number of rotatable bonds is 3. The fourth-order valence-electron chi connectivity index (χ4n) is 1.97. The highest BCUT2D eigenvalue weighted by Crippen LogP contribution is 2.24. The molecule has 1 fully saturated rings. The van der Waals surface area contributed by atoms with E-state index in [4.69, 9.17) is 0 Å². The molecule has 0 unspecified atom stereocenters. The molecule has 0 amide bonds. The summed E-state index contributed by atoms with van der Waals surface area (Å²) in [5, 5.41) is 3.18. The number of nitrogens with zero attached hydrogens (tertiary/aromatic N) is 1. The lowest BCUT2D eigenvalue weighted by molar-refractivity contribution is 0.569. The number of hydrogen-bond acceptors (Lipinski definition) is 2. The van der Waals surface area contributed by atoms with Crippen LogP contribution in [0.2, 0.25) is 0 Å². The van der Waals surface area contributed by atoms with Gasteiger partial charge in [-0.3, -0.25) is 0 Å². The zero-order valence-electron chi connectivity index (χ0n) is 8.17. The van der Waals surface area contributed by atoms with Crippen LogP contribution in [0, 0.1) is 11.9 Å². The summed E-state index contributed by atoms with van der Waals surface area (Å²) in [5.41, 5.74) is 0. The molecule has 3 heteroatoms. The Kier molecular flexibility index (Phi) is 2.96. The average molecular weight is 194 g/mol. The molecule has 1 aromatic heterocycles. The van der Waals surface area contributed by atoms with Gasteiger partial charge >= 0.3 is 0 Å². The first kappa shape index (κ1) is 9.44. The largest absolute Gasteiger partial charge is 0.370 e. The van der Waals surface area contributed by atoms with Crippen molar-refractivity contribution in [3.8, 4) is 0 Å². The van der Waals surface area contributed by atoms with Gasteiger partial charge < -0.3 is 5.32 Å². The minimum atomic E-state index is -0.415. The van der Waals surface area contributed by atoms with Crippen LogP contribution in [0.1, 0.15) is 25.7 Å². The van der Waals surface area contributed by atoms with E-state index >= 15 is 0 Å². The van der Waals surface area contributed by atoms with Crippen molar-refractivity contribution in [1.29, 1.82) is 0 Å². The topological polar surface area (TPSA) is 24.9 Å². The standard InChI is InChI=1S/C11H15FN2/c12-10-6-3-7-11(14-10)13-8-9-4-1-2-5-9/h3,6-7,9H,1-2,4-5,8H2,(H,13,14). The van der Waals surface area contributed by atoms with Crippen molar-refractivity contribution in [2.24, 2.45) is 5.92 Å². The molecule has 1 aromatic rings. The molecule has 2 rings (SSSR count). The quantitative estimate of drug-likeness (QED) is 0.748. The first-order valence-electron chi connectivity index (χ1n) is 5.21. The van der Waals surface area contributed by atoms with E-state index in [-0.39, 0.29) is 0 Å². The Labute approximate surface area is 83.6 Å². The maximum Gasteiger partial charge on any atom is 0.214 e. The highest BCUT2D eigenvalue weighted by molar-refractivity contribution is 5.33. The van der Waals surface area contributed by atoms with Crippen molar-refractivity contribution in [2.45, 2.75) is 25.7 Å². The van der Waals surface area contributed by atoms with Crippen molar-refractivity contribution in [2.75, 3.05) is 11.9 Å². The van der Waals surface area contributed by atoms with Gasteiger partial charge in [0.2, 0.25) is 5.95 Å². The van der Waals surface area contributed by atoms with E-state index in [0.717, 1.165) is 12.5 Å². The van der Waals surface area contributed by atoms with Gasteiger partial charge in [-0.1, -0.05) is 18.9 Å². The van der Waals surface area contributed by atoms with Crippen molar-refractivity contribution in [1.82, 2.24) is 4.98 Å². The summed E-state index contributed by atoms with van der Waals surface area (Å²) in [5.74, 6) is 0.985. The van der Waals surface area contributed by atoms with Crippen LogP contribution in [0.25, 0.3) is 0 Å². The molecule has 1 N–H and O–H groups in total. The van der Waals surface area contributed by atoms with Crippen molar-refractivity contribution >= 4 is 5.82 Å². The Bertz CT molecular complexity index is 295. The Balaban J connectivity index is 1.85. The molecule has 2 nitrogen and oxygen atoms in total. The average Bonchev–Trinajstić information content (AvgIpc) is 2.67. The lowest BCUT2D eigenvalue weighted by Gasteiger charge is -2.10. The number of halogens is 1. The van der Waals surface area contributed by atoms with E-state index in [1.165, 1.54) is 31.7 Å². The van der Waals surface area contributed by atoms with Crippen LogP contribution in [0.4, 0.5) is 10.2 Å². The maximum absolute atomic E-state index is 12.7. The molecule has 0 bridgehead atoms. The molecule has 14 heavy (non-hydrogen) atoms. The van der Waals surface area contributed by atoms with Gasteiger partial charge in [0.05, 0.1) is 0 Å². The van der Waals surface area contributed by atoms with Gasteiger partial charge in [-0.05, 0) is 30.9 Å². The summed E-state index contributed by atoms with van der Waals surface area (Å²) in [4.78, 5) is 3.76. The van der Waals surface area contributed by atoms with Gasteiger partial charge in [-0.2, -0.15) is 4.39 Å². The van der Waals surface area contributed by atoms with E-state index in [9.17, 15) is 4.39 Å². The molecule has 0 atom stereocenters. The van der Waals surface area contributed by atoms with Gasteiger partial charge in [0.15, 0.2) is 0 Å². The molecule has 0 aromatic carbocycles. The second kappa shape index (κ2) is 4.40. The van der Waals surface area contributed by atoms with E-state index in [1.54, 1.807) is 12.1 Å². The molecular weight excluding hydrogens is 179 g/mol. The fourth-order valence-corrected chi connectivity index (χ4v) is 1.97. The Morgan fingerprint density at radius 2 is 2.14 bits per heavy atom. The maximum atomic E-state index is 12.7. The molecule has 1 heterocycles. The monoisotopic (exact) mass is 194 g/mol. The van der Waals surface area contributed by atoms with Crippen LogP contribution in [0.3, 0.4) is 0 Å². The van der Waals surface area contributed by atoms with Gasteiger partial charge in [0.1, 0.15) is 5.82 Å². The summed E-state index contributed by atoms with van der Waals surface area (Å²) < 4.78 is 12.7. The molecule has 76 valence electrons. The Morgan fingerprint density at radius 1 is 1.36 bits per heavy atom. The lowest BCUT2D eigenvalue weighted by atomic mass is 10.1. The highest BCUT2D eigenvalue weighted by atomic mass is 19.1. The van der Waals surface area contributed by atoms with Crippen LogP contribution < -0.4 is 5.32 Å². The Morgan fingerprint density at radius 3 is 2.86 bits per heavy atom. The number of anilines is 1. The number of aromatic nitrogens is 1. The summed E-state index contributed by atoms with van der Waals surface area (Å²) in [6, 6.07) is 4.85. The normalized spacial score (nSPS) is 17.2. The second-order valence-electron chi connectivity index (χ2n) is 3.88. The third-order valence-electron chi connectivity index (χ3n) is 2.76. The number of nitrogens with one attached hydrogen (secondary N) is 1. The molecular formula is C11H15FN2. The van der Waals surface area contributed by atoms with Gasteiger partial charge in [-0.15, -0.1) is 0 Å². The van der Waals surface area contributed by atoms with Gasteiger partial charge in [0.25, 0.3) is 0 Å². The van der Waals surface area contributed by atoms with E-state index in [2.05, 4.69) is 10.3 Å². The van der Waals surface area contributed by atoms with Crippen LogP contribution in [-0.4, -0.2) is 11.5 Å². The SMILES string of the molecule is Fc1cccc(NCC2CCCC2)n1. The van der Waals surface area contributed by atoms with Crippen LogP contribution >= 0.6 is 0 Å². The molecule has 0 spiro atoms. The van der Waals surface area contributed by atoms with Crippen LogP contribution in [0.15, 0.2) is 18.2 Å². The van der Waals surface area contributed by atoms with E-state index in [1.807, 2.05) is 0 Å². The van der Waals surface area contributed by atoms with E-state index < -0.39 is 5.95 Å². The fraction of sp³-hybridized carbons (Fsp3) is 0.545. The van der Waals surface area contributed by atoms with Crippen molar-refractivity contribution < 1.29 is 4.39 Å². The predicted molar refractivity (Wildman–Crippen MR) is 54.6 cm³/mol. The molecule has 0 radical (unpaired) electrons. The zero-order chi connectivity index (χ0) is 9.80. The zero-order valence-corrected chi connectivity index (χ0v) is 8.17. The van der Waals surface area contributed by atoms with E-state index in [0.29, 0.717) is 5.82 Å². The number of pyridine rings is 1.